The van der Waals surface area contributed by atoms with Gasteiger partial charge in [-0.15, -0.1) is 11.6 Å². The van der Waals surface area contributed by atoms with Crippen molar-refractivity contribution in [3.63, 3.8) is 0 Å². The summed E-state index contributed by atoms with van der Waals surface area (Å²) in [6, 6.07) is 0. The highest BCUT2D eigenvalue weighted by atomic mass is 35.5. The van der Waals surface area contributed by atoms with Crippen molar-refractivity contribution in [3.8, 4) is 0 Å². The Kier molecular flexibility index (Phi) is 4.54. The van der Waals surface area contributed by atoms with E-state index in [4.69, 9.17) is 21.1 Å². The summed E-state index contributed by atoms with van der Waals surface area (Å²) in [6.07, 6.45) is 2.28. The summed E-state index contributed by atoms with van der Waals surface area (Å²) in [5.74, 6) is -2.02. The normalized spacial score (nSPS) is 52.6. The number of fused-ring (bicyclic) bond motifs is 7. The molecule has 0 radical (unpaired) electrons. The van der Waals surface area contributed by atoms with Gasteiger partial charge in [-0.3, -0.25) is 9.59 Å². The van der Waals surface area contributed by atoms with Crippen molar-refractivity contribution < 1.29 is 28.6 Å². The van der Waals surface area contributed by atoms with Crippen LogP contribution in [0.1, 0.15) is 66.2 Å². The number of allylic oxidation sites excluding steroid dienone is 1. The van der Waals surface area contributed by atoms with Crippen LogP contribution in [0, 0.1) is 22.7 Å². The molecule has 5 nitrogen and oxygen atoms in total. The Balaban J connectivity index is 1.63. The number of carbonyl (C=O) groups is 2. The number of halogens is 2. The molecule has 5 aliphatic rings. The fourth-order valence-electron chi connectivity index (χ4n) is 8.27. The number of aliphatic hydroxyl groups is 1. The van der Waals surface area contributed by atoms with Gasteiger partial charge in [0, 0.05) is 23.2 Å². The lowest BCUT2D eigenvalue weighted by Crippen LogP contribution is -2.70. The van der Waals surface area contributed by atoms with Gasteiger partial charge in [-0.2, -0.15) is 0 Å². The van der Waals surface area contributed by atoms with Crippen LogP contribution < -0.4 is 0 Å². The third-order valence-electron chi connectivity index (χ3n) is 9.57. The molecule has 0 aromatic heterocycles. The van der Waals surface area contributed by atoms with Crippen LogP contribution in [0.2, 0.25) is 0 Å². The first-order valence-electron chi connectivity index (χ1n) is 11.4. The van der Waals surface area contributed by atoms with E-state index in [-0.39, 0.29) is 29.8 Å². The molecule has 4 aliphatic carbocycles. The number of aliphatic hydroxyl groups excluding tert-OH is 1. The number of hydrogen-bond acceptors (Lipinski definition) is 5. The maximum absolute atomic E-state index is 17.2. The van der Waals surface area contributed by atoms with Crippen LogP contribution in [0.4, 0.5) is 4.39 Å². The molecule has 172 valence electrons. The Morgan fingerprint density at radius 1 is 1.26 bits per heavy atom. The van der Waals surface area contributed by atoms with Crippen LogP contribution in [-0.2, 0) is 19.1 Å². The number of carbonyl (C=O) groups excluding carboxylic acids is 2. The van der Waals surface area contributed by atoms with Crippen molar-refractivity contribution in [1.82, 2.24) is 0 Å². The summed E-state index contributed by atoms with van der Waals surface area (Å²) in [4.78, 5) is 25.3. The van der Waals surface area contributed by atoms with E-state index in [9.17, 15) is 14.7 Å². The van der Waals surface area contributed by atoms with E-state index in [1.807, 2.05) is 13.8 Å². The molecule has 1 N–H and O–H groups in total. The van der Waals surface area contributed by atoms with E-state index < -0.39 is 46.0 Å². The first-order chi connectivity index (χ1) is 14.4. The van der Waals surface area contributed by atoms with Crippen molar-refractivity contribution in [2.45, 2.75) is 95.5 Å². The average Bonchev–Trinajstić information content (AvgIpc) is 3.09. The van der Waals surface area contributed by atoms with E-state index in [1.165, 1.54) is 0 Å². The minimum absolute atomic E-state index is 0.0377. The van der Waals surface area contributed by atoms with Gasteiger partial charge in [0.1, 0.15) is 5.67 Å². The van der Waals surface area contributed by atoms with E-state index in [0.29, 0.717) is 32.1 Å². The van der Waals surface area contributed by atoms with Gasteiger partial charge in [0.25, 0.3) is 0 Å². The molecule has 3 saturated carbocycles. The second kappa shape index (κ2) is 6.40. The maximum atomic E-state index is 17.2. The highest BCUT2D eigenvalue weighted by Gasteiger charge is 2.80. The van der Waals surface area contributed by atoms with Crippen molar-refractivity contribution in [3.05, 3.63) is 11.6 Å². The SMILES string of the molecule is CC1(C)O[C@@H]2C[C@@H]3[C@H]4CCC5=CC(=O)CC[C@]5(C)[C@]4(F)[C@H](O)C[C@]3(C)[C@]2(C(=O)CCl)O1. The molecule has 0 aromatic rings. The monoisotopic (exact) mass is 454 g/mol. The first kappa shape index (κ1) is 22.0. The third-order valence-corrected chi connectivity index (χ3v) is 9.81. The minimum Gasteiger partial charge on any atom is -0.390 e. The molecule has 1 heterocycles. The summed E-state index contributed by atoms with van der Waals surface area (Å²) < 4.78 is 29.7. The molecule has 4 fully saturated rings. The van der Waals surface area contributed by atoms with E-state index in [1.54, 1.807) is 19.9 Å². The van der Waals surface area contributed by atoms with Crippen LogP contribution in [-0.4, -0.2) is 51.8 Å². The van der Waals surface area contributed by atoms with Crippen LogP contribution >= 0.6 is 11.6 Å². The predicted molar refractivity (Wildman–Crippen MR) is 112 cm³/mol. The van der Waals surface area contributed by atoms with Crippen LogP contribution in [0.3, 0.4) is 0 Å². The zero-order chi connectivity index (χ0) is 22.6. The van der Waals surface area contributed by atoms with Crippen molar-refractivity contribution in [1.29, 1.82) is 0 Å². The van der Waals surface area contributed by atoms with E-state index in [0.717, 1.165) is 5.57 Å². The van der Waals surface area contributed by atoms with Gasteiger partial charge in [0.2, 0.25) is 0 Å². The molecule has 0 unspecified atom stereocenters. The van der Waals surface area contributed by atoms with Crippen LogP contribution in [0.15, 0.2) is 11.6 Å². The lowest BCUT2D eigenvalue weighted by atomic mass is 9.44. The zero-order valence-corrected chi connectivity index (χ0v) is 19.4. The molecule has 8 atom stereocenters. The van der Waals surface area contributed by atoms with Crippen molar-refractivity contribution >= 4 is 23.2 Å². The molecule has 7 heteroatoms. The topological polar surface area (TPSA) is 72.8 Å². The standard InChI is InChI=1S/C24H32ClFO5/c1-20(2)30-19-10-16-15-6-5-13-9-14(27)7-8-21(13,3)23(15,26)17(28)11-22(16,4)24(19,31-20)18(29)12-25/h9,15-17,19,28H,5-8,10-12H2,1-4H3/t15-,16-,17-,19-,21+,22+,23-,24-/m1/s1. The molecule has 0 bridgehead atoms. The largest absolute Gasteiger partial charge is 0.390 e. The van der Waals surface area contributed by atoms with Gasteiger partial charge in [0.15, 0.2) is 23.0 Å². The Bertz CT molecular complexity index is 887. The lowest BCUT2D eigenvalue weighted by Gasteiger charge is -2.63. The van der Waals surface area contributed by atoms with Crippen LogP contribution in [0.25, 0.3) is 0 Å². The first-order valence-corrected chi connectivity index (χ1v) is 12.0. The quantitative estimate of drug-likeness (QED) is 0.641. The average molecular weight is 455 g/mol. The lowest BCUT2D eigenvalue weighted by molar-refractivity contribution is -0.250. The highest BCUT2D eigenvalue weighted by Crippen LogP contribution is 2.72. The molecule has 31 heavy (non-hydrogen) atoms. The number of rotatable bonds is 2. The predicted octanol–water partition coefficient (Wildman–Crippen LogP) is 3.89. The third kappa shape index (κ3) is 2.43. The molecular weight excluding hydrogens is 423 g/mol. The minimum atomic E-state index is -1.86. The number of alkyl halides is 2. The van der Waals surface area contributed by atoms with Gasteiger partial charge in [-0.1, -0.05) is 19.4 Å². The van der Waals surface area contributed by atoms with Gasteiger partial charge < -0.3 is 14.6 Å². The van der Waals surface area contributed by atoms with Crippen LogP contribution in [0.5, 0.6) is 0 Å². The Hall–Kier alpha value is -0.820. The fraction of sp³-hybridized carbons (Fsp3) is 0.833. The number of ketones is 2. The Morgan fingerprint density at radius 3 is 2.65 bits per heavy atom. The van der Waals surface area contributed by atoms with Gasteiger partial charge in [0.05, 0.1) is 18.1 Å². The van der Waals surface area contributed by atoms with Crippen molar-refractivity contribution in [2.75, 3.05) is 5.88 Å². The summed E-state index contributed by atoms with van der Waals surface area (Å²) in [7, 11) is 0. The maximum Gasteiger partial charge on any atom is 0.182 e. The molecule has 0 spiro atoms. The zero-order valence-electron chi connectivity index (χ0n) is 18.7. The van der Waals surface area contributed by atoms with Gasteiger partial charge >= 0.3 is 0 Å². The Morgan fingerprint density at radius 2 is 1.97 bits per heavy atom. The molecule has 5 rings (SSSR count). The summed E-state index contributed by atoms with van der Waals surface area (Å²) in [5, 5.41) is 11.4. The second-order valence-corrected chi connectivity index (χ2v) is 11.5. The number of ether oxygens (including phenoxy) is 2. The molecule has 0 amide bonds. The van der Waals surface area contributed by atoms with E-state index >= 15 is 4.39 Å². The molecule has 0 aromatic carbocycles. The Labute approximate surface area is 187 Å². The fourth-order valence-corrected chi connectivity index (χ4v) is 8.47. The van der Waals surface area contributed by atoms with Gasteiger partial charge in [-0.25, -0.2) is 4.39 Å². The second-order valence-electron chi connectivity index (χ2n) is 11.3. The molecule has 1 saturated heterocycles. The summed E-state index contributed by atoms with van der Waals surface area (Å²) >= 11 is 6.05. The van der Waals surface area contributed by atoms with E-state index in [2.05, 4.69) is 0 Å². The summed E-state index contributed by atoms with van der Waals surface area (Å²) in [6.45, 7) is 7.38. The smallest absolute Gasteiger partial charge is 0.182 e. The molecule has 1 aliphatic heterocycles. The summed E-state index contributed by atoms with van der Waals surface area (Å²) in [5.41, 5.74) is -4.00. The highest BCUT2D eigenvalue weighted by molar-refractivity contribution is 6.29. The van der Waals surface area contributed by atoms with Gasteiger partial charge in [-0.05, 0) is 57.9 Å². The number of Topliss-reactive ketones (excluding diaryl/α,β-unsaturated/α-hetero) is 1. The van der Waals surface area contributed by atoms with Crippen molar-refractivity contribution in [2.24, 2.45) is 22.7 Å². The number of hydrogen-bond donors (Lipinski definition) is 1. The molecular formula is C24H32ClFO5.